The lowest BCUT2D eigenvalue weighted by atomic mass is 10.2. The molecule has 0 saturated carbocycles. The summed E-state index contributed by atoms with van der Waals surface area (Å²) in [6.45, 7) is -2.20. The smallest absolute Gasteiger partial charge is 0.387 e. The molecule has 6 heteroatoms. The number of ether oxygens (including phenoxy) is 1. The maximum Gasteiger partial charge on any atom is 0.387 e. The molecule has 0 N–H and O–H groups in total. The number of hydrogen-bond donors (Lipinski definition) is 0. The van der Waals surface area contributed by atoms with Gasteiger partial charge in [-0.05, 0) is 23.8 Å². The van der Waals surface area contributed by atoms with E-state index in [2.05, 4.69) is 14.7 Å². The fourth-order valence-corrected chi connectivity index (χ4v) is 1.62. The van der Waals surface area contributed by atoms with Crippen LogP contribution in [0.15, 0.2) is 42.9 Å². The van der Waals surface area contributed by atoms with Crippen molar-refractivity contribution in [1.82, 2.24) is 9.97 Å². The lowest BCUT2D eigenvalue weighted by Gasteiger charge is -2.18. The van der Waals surface area contributed by atoms with Gasteiger partial charge in [-0.3, -0.25) is 4.98 Å². The Kier molecular flexibility index (Phi) is 4.22. The predicted molar refractivity (Wildman–Crippen MR) is 67.2 cm³/mol. The number of halogens is 2. The van der Waals surface area contributed by atoms with Crippen LogP contribution in [0.25, 0.3) is 0 Å². The third-order valence-electron chi connectivity index (χ3n) is 2.48. The van der Waals surface area contributed by atoms with Crippen LogP contribution >= 0.6 is 0 Å². The first-order chi connectivity index (χ1) is 9.15. The Hall–Kier alpha value is -2.24. The Morgan fingerprint density at radius 1 is 1.26 bits per heavy atom. The zero-order chi connectivity index (χ0) is 13.7. The predicted octanol–water partition coefficient (Wildman–Crippen LogP) is 2.71. The molecule has 100 valence electrons. The molecule has 19 heavy (non-hydrogen) atoms. The number of pyridine rings is 2. The first-order valence-electron chi connectivity index (χ1n) is 5.66. The first-order valence-corrected chi connectivity index (χ1v) is 5.66. The molecule has 4 nitrogen and oxygen atoms in total. The zero-order valence-electron chi connectivity index (χ0n) is 10.3. The van der Waals surface area contributed by atoms with Gasteiger partial charge in [0.1, 0.15) is 11.6 Å². The van der Waals surface area contributed by atoms with Crippen LogP contribution in [0.1, 0.15) is 5.56 Å². The van der Waals surface area contributed by atoms with Gasteiger partial charge in [0.15, 0.2) is 0 Å². The van der Waals surface area contributed by atoms with E-state index in [4.69, 9.17) is 0 Å². The van der Waals surface area contributed by atoms with Gasteiger partial charge in [-0.15, -0.1) is 0 Å². The normalized spacial score (nSPS) is 10.5. The van der Waals surface area contributed by atoms with Crippen LogP contribution in [-0.2, 0) is 6.54 Å². The van der Waals surface area contributed by atoms with E-state index >= 15 is 0 Å². The van der Waals surface area contributed by atoms with Crippen LogP contribution in [-0.4, -0.2) is 23.6 Å². The first kappa shape index (κ1) is 13.2. The molecule has 0 atom stereocenters. The average Bonchev–Trinajstić information content (AvgIpc) is 2.40. The minimum atomic E-state index is -2.83. The maximum atomic E-state index is 12.0. The lowest BCUT2D eigenvalue weighted by Crippen LogP contribution is -2.17. The fraction of sp³-hybridized carbons (Fsp3) is 0.231. The van der Waals surface area contributed by atoms with Gasteiger partial charge >= 0.3 is 6.61 Å². The Labute approximate surface area is 109 Å². The summed E-state index contributed by atoms with van der Waals surface area (Å²) in [4.78, 5) is 9.99. The SMILES string of the molecule is CN(Cc1cccnc1)c1ccc(OC(F)F)cn1. The number of alkyl halides is 2. The lowest BCUT2D eigenvalue weighted by molar-refractivity contribution is -0.0500. The molecule has 0 aliphatic rings. The van der Waals surface area contributed by atoms with Crippen molar-refractivity contribution >= 4 is 5.82 Å². The molecule has 0 bridgehead atoms. The van der Waals surface area contributed by atoms with Crippen molar-refractivity contribution in [2.45, 2.75) is 13.2 Å². The monoisotopic (exact) mass is 265 g/mol. The van der Waals surface area contributed by atoms with E-state index in [0.717, 1.165) is 5.56 Å². The summed E-state index contributed by atoms with van der Waals surface area (Å²) in [7, 11) is 1.86. The van der Waals surface area contributed by atoms with Crippen molar-refractivity contribution in [2.24, 2.45) is 0 Å². The van der Waals surface area contributed by atoms with Gasteiger partial charge in [0.2, 0.25) is 0 Å². The Morgan fingerprint density at radius 2 is 2.11 bits per heavy atom. The second kappa shape index (κ2) is 6.08. The third-order valence-corrected chi connectivity index (χ3v) is 2.48. The molecule has 0 saturated heterocycles. The standard InChI is InChI=1S/C13H13F2N3O/c1-18(9-10-3-2-6-16-7-10)12-5-4-11(8-17-12)19-13(14)15/h2-8,13H,9H2,1H3. The Balaban J connectivity index is 2.01. The molecule has 2 aromatic heterocycles. The van der Waals surface area contributed by atoms with Crippen LogP contribution in [0.2, 0.25) is 0 Å². The molecule has 0 spiro atoms. The van der Waals surface area contributed by atoms with E-state index in [1.807, 2.05) is 24.1 Å². The fourth-order valence-electron chi connectivity index (χ4n) is 1.62. The molecular weight excluding hydrogens is 252 g/mol. The summed E-state index contributed by atoms with van der Waals surface area (Å²) >= 11 is 0. The number of nitrogens with zero attached hydrogens (tertiary/aromatic N) is 3. The molecule has 2 heterocycles. The second-order valence-electron chi connectivity index (χ2n) is 3.95. The summed E-state index contributed by atoms with van der Waals surface area (Å²) < 4.78 is 28.2. The van der Waals surface area contributed by atoms with E-state index in [1.165, 1.54) is 12.3 Å². The minimum absolute atomic E-state index is 0.0496. The summed E-state index contributed by atoms with van der Waals surface area (Å²) in [6.07, 6.45) is 4.75. The van der Waals surface area contributed by atoms with Gasteiger partial charge in [-0.25, -0.2) is 4.98 Å². The average molecular weight is 265 g/mol. The Bertz CT molecular complexity index is 505. The van der Waals surface area contributed by atoms with Crippen molar-refractivity contribution in [3.63, 3.8) is 0 Å². The molecule has 0 fully saturated rings. The van der Waals surface area contributed by atoms with Crippen LogP contribution in [0, 0.1) is 0 Å². The largest absolute Gasteiger partial charge is 0.433 e. The van der Waals surface area contributed by atoms with Crippen molar-refractivity contribution in [2.75, 3.05) is 11.9 Å². The van der Waals surface area contributed by atoms with Gasteiger partial charge in [0.05, 0.1) is 6.20 Å². The number of anilines is 1. The molecule has 2 aromatic rings. The summed E-state index contributed by atoms with van der Waals surface area (Å²) in [6, 6.07) is 6.91. The Morgan fingerprint density at radius 3 is 2.68 bits per heavy atom. The minimum Gasteiger partial charge on any atom is -0.433 e. The van der Waals surface area contributed by atoms with Gasteiger partial charge < -0.3 is 9.64 Å². The molecule has 0 aliphatic heterocycles. The number of hydrogen-bond acceptors (Lipinski definition) is 4. The molecule has 0 aliphatic carbocycles. The maximum absolute atomic E-state index is 12.0. The molecule has 0 amide bonds. The van der Waals surface area contributed by atoms with Crippen LogP contribution in [0.4, 0.5) is 14.6 Å². The summed E-state index contributed by atoms with van der Waals surface area (Å²) in [5, 5.41) is 0. The third kappa shape index (κ3) is 3.87. The topological polar surface area (TPSA) is 38.2 Å². The van der Waals surface area contributed by atoms with Crippen LogP contribution in [0.5, 0.6) is 5.75 Å². The van der Waals surface area contributed by atoms with Crippen molar-refractivity contribution in [3.05, 3.63) is 48.4 Å². The van der Waals surface area contributed by atoms with E-state index in [1.54, 1.807) is 18.5 Å². The van der Waals surface area contributed by atoms with Gasteiger partial charge in [-0.2, -0.15) is 8.78 Å². The molecule has 0 radical (unpaired) electrons. The molecular formula is C13H13F2N3O. The van der Waals surface area contributed by atoms with E-state index in [9.17, 15) is 8.78 Å². The van der Waals surface area contributed by atoms with E-state index in [-0.39, 0.29) is 5.75 Å². The van der Waals surface area contributed by atoms with Gasteiger partial charge in [0, 0.05) is 26.0 Å². The van der Waals surface area contributed by atoms with Crippen molar-refractivity contribution in [1.29, 1.82) is 0 Å². The highest BCUT2D eigenvalue weighted by molar-refractivity contribution is 5.40. The van der Waals surface area contributed by atoms with Gasteiger partial charge in [-0.1, -0.05) is 6.07 Å². The number of rotatable bonds is 5. The van der Waals surface area contributed by atoms with Crippen molar-refractivity contribution < 1.29 is 13.5 Å². The van der Waals surface area contributed by atoms with Crippen LogP contribution in [0.3, 0.4) is 0 Å². The molecule has 0 aromatic carbocycles. The highest BCUT2D eigenvalue weighted by Gasteiger charge is 2.07. The summed E-state index contributed by atoms with van der Waals surface area (Å²) in [5.74, 6) is 0.721. The van der Waals surface area contributed by atoms with E-state index < -0.39 is 6.61 Å². The van der Waals surface area contributed by atoms with Crippen molar-refractivity contribution in [3.8, 4) is 5.75 Å². The summed E-state index contributed by atoms with van der Waals surface area (Å²) in [5.41, 5.74) is 1.04. The molecule has 0 unspecified atom stereocenters. The second-order valence-corrected chi connectivity index (χ2v) is 3.95. The number of aromatic nitrogens is 2. The quantitative estimate of drug-likeness (QED) is 0.833. The van der Waals surface area contributed by atoms with E-state index in [0.29, 0.717) is 12.4 Å². The zero-order valence-corrected chi connectivity index (χ0v) is 10.3. The highest BCUT2D eigenvalue weighted by Crippen LogP contribution is 2.17. The highest BCUT2D eigenvalue weighted by atomic mass is 19.3. The van der Waals surface area contributed by atoms with Gasteiger partial charge in [0.25, 0.3) is 0 Å². The van der Waals surface area contributed by atoms with Crippen LogP contribution < -0.4 is 9.64 Å². The molecule has 2 rings (SSSR count).